The Morgan fingerprint density at radius 1 is 1.43 bits per heavy atom. The monoisotopic (exact) mass is 158 g/mol. The molecule has 7 heavy (non-hydrogen) atoms. The Kier molecular flexibility index (Phi) is 6.55. The van der Waals surface area contributed by atoms with Crippen molar-refractivity contribution in [3.63, 3.8) is 0 Å². The van der Waals surface area contributed by atoms with E-state index in [1.54, 1.807) is 0 Å². The van der Waals surface area contributed by atoms with Gasteiger partial charge in [0.25, 0.3) is 0 Å². The van der Waals surface area contributed by atoms with Gasteiger partial charge < -0.3 is 0 Å². The van der Waals surface area contributed by atoms with Crippen LogP contribution in [0.2, 0.25) is 0 Å². The molecule has 0 unspecified atom stereocenters. The molecule has 0 spiro atoms. The normalized spacial score (nSPS) is 10.1. The van der Waals surface area contributed by atoms with Gasteiger partial charge in [0.1, 0.15) is 0 Å². The second-order valence-corrected chi connectivity index (χ2v) is 2.36. The zero-order valence-electron chi connectivity index (χ0n) is 2.61. The van der Waals surface area contributed by atoms with E-state index in [9.17, 15) is 3.67 Å². The fourth-order valence-electron chi connectivity index (χ4n) is 0. The van der Waals surface area contributed by atoms with E-state index >= 15 is 0 Å². The van der Waals surface area contributed by atoms with Gasteiger partial charge in [0.15, 0.2) is 0 Å². The van der Waals surface area contributed by atoms with Crippen molar-refractivity contribution in [1.82, 2.24) is 0 Å². The van der Waals surface area contributed by atoms with Crippen molar-refractivity contribution >= 4 is 29.6 Å². The van der Waals surface area contributed by atoms with Crippen LogP contribution in [0.4, 0.5) is 0 Å². The summed E-state index contributed by atoms with van der Waals surface area (Å²) in [6.45, 7) is 0. The van der Waals surface area contributed by atoms with E-state index < -0.39 is 15.0 Å². The summed E-state index contributed by atoms with van der Waals surface area (Å²) in [7, 11) is 0. The zero-order chi connectivity index (χ0) is 5.21. The molecule has 0 aromatic rings. The maximum atomic E-state index is 9.28. The van der Waals surface area contributed by atoms with E-state index in [2.05, 4.69) is 3.81 Å². The van der Waals surface area contributed by atoms with Crippen molar-refractivity contribution in [2.75, 3.05) is 0 Å². The van der Waals surface area contributed by atoms with Gasteiger partial charge in [-0.1, -0.05) is 0 Å². The van der Waals surface area contributed by atoms with Gasteiger partial charge in [-0.3, -0.25) is 0 Å². The van der Waals surface area contributed by atoms with E-state index in [0.717, 1.165) is 0 Å². The van der Waals surface area contributed by atoms with Gasteiger partial charge in [0.05, 0.1) is 0 Å². The van der Waals surface area contributed by atoms with Crippen LogP contribution >= 0.6 is 0 Å². The van der Waals surface area contributed by atoms with Gasteiger partial charge in [0, 0.05) is 0 Å². The van der Waals surface area contributed by atoms with Crippen LogP contribution < -0.4 is 0 Å². The minimum absolute atomic E-state index is 0. The summed E-state index contributed by atoms with van der Waals surface area (Å²) in [4.78, 5) is 0. The van der Waals surface area contributed by atoms with Gasteiger partial charge >= 0.3 is 65.4 Å². The van der Waals surface area contributed by atoms with Crippen LogP contribution in [0, 0.1) is 0 Å². The number of hydrogen-bond acceptors (Lipinski definition) is 3. The third kappa shape index (κ3) is 11.0. The van der Waals surface area contributed by atoms with Crippen molar-refractivity contribution in [3.05, 3.63) is 0 Å². The van der Waals surface area contributed by atoms with Gasteiger partial charge in [-0.2, -0.15) is 0 Å². The number of rotatable bonds is 1. The second-order valence-electron chi connectivity index (χ2n) is 0.572. The molecule has 0 aromatic heterocycles. The Bertz CT molecular complexity index is 72.1. The predicted molar refractivity (Wildman–Crippen MR) is 16.0 cm³/mol. The molecule has 0 aliphatic carbocycles. The Morgan fingerprint density at radius 2 is 1.57 bits per heavy atom. The van der Waals surface area contributed by atoms with Gasteiger partial charge in [0.2, 0.25) is 0 Å². The van der Waals surface area contributed by atoms with Crippen LogP contribution in [0.3, 0.4) is 0 Å². The van der Waals surface area contributed by atoms with Crippen molar-refractivity contribution in [2.45, 2.75) is 0 Å². The first-order chi connectivity index (χ1) is 2.56. The molecule has 0 amide bonds. The third-order valence-electron chi connectivity index (χ3n) is 0.106. The van der Waals surface area contributed by atoms with Gasteiger partial charge in [-0.25, -0.2) is 0 Å². The summed E-state index contributed by atoms with van der Waals surface area (Å²) < 4.78 is 27.0. The van der Waals surface area contributed by atoms with Crippen LogP contribution in [0.1, 0.15) is 0 Å². The first kappa shape index (κ1) is 11.1. The van der Waals surface area contributed by atoms with Crippen molar-refractivity contribution in [1.29, 1.82) is 0 Å². The van der Waals surface area contributed by atoms with Crippen molar-refractivity contribution in [3.8, 4) is 0 Å². The Morgan fingerprint density at radius 3 is 1.57 bits per heavy atom. The molecule has 0 rings (SSSR count). The summed E-state index contributed by atoms with van der Waals surface area (Å²) >= 11 is -5.10. The molecule has 40 valence electrons. The summed E-state index contributed by atoms with van der Waals surface area (Å²) in [5.41, 5.74) is 0. The van der Waals surface area contributed by atoms with E-state index in [1.165, 1.54) is 0 Å². The first-order valence-electron chi connectivity index (χ1n) is 0.948. The van der Waals surface area contributed by atoms with Crippen LogP contribution in [-0.2, 0) is 22.5 Å². The standard InChI is InChI=1S/Na.H2O2.2H2O.O.V.H/c;1-2;;;;;/h;1-2H;2*1H2;;;/q;;;;;+3;/p-3. The molecule has 0 fully saturated rings. The van der Waals surface area contributed by atoms with E-state index in [4.69, 9.17) is 13.3 Å². The van der Waals surface area contributed by atoms with E-state index in [0.29, 0.717) is 0 Å². The van der Waals surface area contributed by atoms with Crippen LogP contribution in [0.5, 0.6) is 0 Å². The molecule has 0 heterocycles. The molecular formula is H4NaO5V. The molecule has 0 saturated heterocycles. The Labute approximate surface area is 65.1 Å². The quantitative estimate of drug-likeness (QED) is 0.234. The molecular weight excluding hydrogens is 154 g/mol. The summed E-state index contributed by atoms with van der Waals surface area (Å²) in [5, 5.41) is 7.17. The van der Waals surface area contributed by atoms with Crippen LogP contribution in [0.15, 0.2) is 0 Å². The summed E-state index contributed by atoms with van der Waals surface area (Å²) in [6, 6.07) is 0. The van der Waals surface area contributed by atoms with E-state index in [-0.39, 0.29) is 29.6 Å². The average Bonchev–Trinajstić information content (AvgIpc) is 1.35. The molecule has 3 N–H and O–H groups in total. The predicted octanol–water partition coefficient (Wildman–Crippen LogP) is -1.94. The zero-order valence-corrected chi connectivity index (χ0v) is 4.00. The molecule has 5 nitrogen and oxygen atoms in total. The molecule has 0 radical (unpaired) electrons. The summed E-state index contributed by atoms with van der Waals surface area (Å²) in [6.07, 6.45) is 0. The Balaban J connectivity index is 0. The third-order valence-corrected chi connectivity index (χ3v) is 0.439. The topological polar surface area (TPSA) is 87.0 Å². The maximum absolute atomic E-state index is 9.28. The van der Waals surface area contributed by atoms with Crippen molar-refractivity contribution < 1.29 is 35.8 Å². The first-order valence-corrected chi connectivity index (χ1v) is 3.34. The molecule has 0 atom stereocenters. The van der Waals surface area contributed by atoms with Crippen LogP contribution in [-0.4, -0.2) is 42.9 Å². The summed E-state index contributed by atoms with van der Waals surface area (Å²) in [5.74, 6) is 0. The fraction of sp³-hybridized carbons (Fsp3) is 0. The molecule has 0 saturated carbocycles. The van der Waals surface area contributed by atoms with Crippen molar-refractivity contribution in [2.24, 2.45) is 0 Å². The molecule has 0 aliphatic rings. The molecule has 7 heteroatoms. The SMILES string of the molecule is [NaH].[O]=[V]([OH])([OH])[O]O. The second kappa shape index (κ2) is 4.14. The fourth-order valence-corrected chi connectivity index (χ4v) is 0. The Hall–Kier alpha value is 1.22. The molecule has 0 aliphatic heterocycles. The minimum atomic E-state index is -5.10. The van der Waals surface area contributed by atoms with Gasteiger partial charge in [-0.15, -0.1) is 0 Å². The van der Waals surface area contributed by atoms with Crippen LogP contribution in [0.25, 0.3) is 0 Å². The average molecular weight is 158 g/mol. The number of hydrogen-bond donors (Lipinski definition) is 3. The van der Waals surface area contributed by atoms with Gasteiger partial charge in [-0.05, 0) is 0 Å². The molecule has 0 aromatic carbocycles. The molecule has 0 bridgehead atoms. The van der Waals surface area contributed by atoms with E-state index in [1.807, 2.05) is 0 Å².